The van der Waals surface area contributed by atoms with Gasteiger partial charge in [0.1, 0.15) is 5.75 Å². The lowest BCUT2D eigenvalue weighted by molar-refractivity contribution is -0.137. The smallest absolute Gasteiger partial charge is 0.305 e. The van der Waals surface area contributed by atoms with Crippen molar-refractivity contribution in [3.63, 3.8) is 0 Å². The van der Waals surface area contributed by atoms with Crippen molar-refractivity contribution >= 4 is 27.8 Å². The largest absolute Gasteiger partial charge is 0.496 e. The Bertz CT molecular complexity index is 476. The molecule has 0 aromatic heterocycles. The van der Waals surface area contributed by atoms with Crippen LogP contribution >= 0.6 is 15.9 Å². The van der Waals surface area contributed by atoms with Gasteiger partial charge >= 0.3 is 5.97 Å². The standard InChI is InChI=1S/C13H16BrNO4/c1-8(5-13(17)18)15-12(16)7-9-6-10(14)3-4-11(9)19-2/h3-4,6,8H,5,7H2,1-2H3,(H,15,16)(H,17,18)/t8-/m0/s1. The topological polar surface area (TPSA) is 75.6 Å². The molecule has 1 aromatic rings. The molecule has 0 heterocycles. The van der Waals surface area contributed by atoms with Crippen LogP contribution in [0.5, 0.6) is 5.75 Å². The molecule has 0 unspecified atom stereocenters. The Morgan fingerprint density at radius 3 is 2.74 bits per heavy atom. The maximum absolute atomic E-state index is 11.8. The van der Waals surface area contributed by atoms with Crippen molar-refractivity contribution in [2.75, 3.05) is 7.11 Å². The lowest BCUT2D eigenvalue weighted by atomic mass is 10.1. The van der Waals surface area contributed by atoms with Gasteiger partial charge in [-0.05, 0) is 25.1 Å². The van der Waals surface area contributed by atoms with Gasteiger partial charge in [0, 0.05) is 16.1 Å². The van der Waals surface area contributed by atoms with E-state index in [0.29, 0.717) is 5.75 Å². The number of halogens is 1. The highest BCUT2D eigenvalue weighted by molar-refractivity contribution is 9.10. The fraction of sp³-hybridized carbons (Fsp3) is 0.385. The number of carboxylic acids is 1. The molecular formula is C13H16BrNO4. The molecule has 1 amide bonds. The van der Waals surface area contributed by atoms with Crippen molar-refractivity contribution in [1.29, 1.82) is 0 Å². The van der Waals surface area contributed by atoms with E-state index < -0.39 is 12.0 Å². The van der Waals surface area contributed by atoms with Crippen molar-refractivity contribution in [2.45, 2.75) is 25.8 Å². The first-order chi connectivity index (χ1) is 8.92. The first kappa shape index (κ1) is 15.5. The summed E-state index contributed by atoms with van der Waals surface area (Å²) in [5, 5.41) is 11.3. The summed E-state index contributed by atoms with van der Waals surface area (Å²) in [4.78, 5) is 22.3. The summed E-state index contributed by atoms with van der Waals surface area (Å²) in [7, 11) is 1.54. The van der Waals surface area contributed by atoms with Crippen molar-refractivity contribution < 1.29 is 19.4 Å². The van der Waals surface area contributed by atoms with E-state index in [9.17, 15) is 9.59 Å². The fourth-order valence-corrected chi connectivity index (χ4v) is 2.11. The predicted octanol–water partition coefficient (Wildman–Crippen LogP) is 1.98. The molecule has 2 N–H and O–H groups in total. The first-order valence-electron chi connectivity index (χ1n) is 5.76. The number of nitrogens with one attached hydrogen (secondary N) is 1. The number of hydrogen-bond donors (Lipinski definition) is 2. The third-order valence-electron chi connectivity index (χ3n) is 2.48. The number of benzene rings is 1. The summed E-state index contributed by atoms with van der Waals surface area (Å²) in [6.45, 7) is 1.66. The zero-order valence-corrected chi connectivity index (χ0v) is 12.4. The molecule has 6 heteroatoms. The van der Waals surface area contributed by atoms with Crippen LogP contribution in [0.3, 0.4) is 0 Å². The van der Waals surface area contributed by atoms with Crippen molar-refractivity contribution in [3.8, 4) is 5.75 Å². The molecule has 0 aliphatic heterocycles. The number of carbonyl (C=O) groups is 2. The fourth-order valence-electron chi connectivity index (χ4n) is 1.70. The average Bonchev–Trinajstić information content (AvgIpc) is 2.27. The normalized spacial score (nSPS) is 11.7. The third kappa shape index (κ3) is 5.30. The van der Waals surface area contributed by atoms with Crippen LogP contribution in [-0.4, -0.2) is 30.1 Å². The monoisotopic (exact) mass is 329 g/mol. The summed E-state index contributed by atoms with van der Waals surface area (Å²) in [5.74, 6) is -0.540. The van der Waals surface area contributed by atoms with Crippen molar-refractivity contribution in [3.05, 3.63) is 28.2 Å². The Hall–Kier alpha value is -1.56. The van der Waals surface area contributed by atoms with Crippen LogP contribution in [0, 0.1) is 0 Å². The van der Waals surface area contributed by atoms with E-state index in [-0.39, 0.29) is 18.7 Å². The SMILES string of the molecule is COc1ccc(Br)cc1CC(=O)N[C@@H](C)CC(=O)O. The second-order valence-corrected chi connectivity index (χ2v) is 5.12. The number of methoxy groups -OCH3 is 1. The summed E-state index contributed by atoms with van der Waals surface area (Å²) < 4.78 is 6.03. The number of amides is 1. The maximum Gasteiger partial charge on any atom is 0.305 e. The molecular weight excluding hydrogens is 314 g/mol. The van der Waals surface area contributed by atoms with Gasteiger partial charge in [-0.15, -0.1) is 0 Å². The summed E-state index contributed by atoms with van der Waals surface area (Å²) in [6, 6.07) is 5.00. The molecule has 104 valence electrons. The molecule has 5 nitrogen and oxygen atoms in total. The highest BCUT2D eigenvalue weighted by Gasteiger charge is 2.13. The molecule has 1 atom stereocenters. The van der Waals surface area contributed by atoms with E-state index >= 15 is 0 Å². The first-order valence-corrected chi connectivity index (χ1v) is 6.55. The van der Waals surface area contributed by atoms with E-state index in [4.69, 9.17) is 9.84 Å². The Labute approximate surface area is 120 Å². The Balaban J connectivity index is 2.66. The number of carbonyl (C=O) groups excluding carboxylic acids is 1. The maximum atomic E-state index is 11.8. The van der Waals surface area contributed by atoms with Gasteiger partial charge in [-0.1, -0.05) is 15.9 Å². The van der Waals surface area contributed by atoms with Crippen LogP contribution in [0.25, 0.3) is 0 Å². The molecule has 0 aliphatic rings. The highest BCUT2D eigenvalue weighted by atomic mass is 79.9. The van der Waals surface area contributed by atoms with Crippen LogP contribution in [-0.2, 0) is 16.0 Å². The van der Waals surface area contributed by atoms with Crippen LogP contribution in [0.15, 0.2) is 22.7 Å². The van der Waals surface area contributed by atoms with Gasteiger partial charge in [-0.2, -0.15) is 0 Å². The number of carboxylic acid groups (broad SMARTS) is 1. The zero-order chi connectivity index (χ0) is 14.4. The molecule has 19 heavy (non-hydrogen) atoms. The van der Waals surface area contributed by atoms with Crippen LogP contribution < -0.4 is 10.1 Å². The quantitative estimate of drug-likeness (QED) is 0.836. The van der Waals surface area contributed by atoms with Crippen LogP contribution in [0.4, 0.5) is 0 Å². The van der Waals surface area contributed by atoms with Crippen molar-refractivity contribution in [2.24, 2.45) is 0 Å². The lowest BCUT2D eigenvalue weighted by Crippen LogP contribution is -2.35. The van der Waals surface area contributed by atoms with Gasteiger partial charge in [0.15, 0.2) is 0 Å². The Morgan fingerprint density at radius 2 is 2.16 bits per heavy atom. The highest BCUT2D eigenvalue weighted by Crippen LogP contribution is 2.23. The summed E-state index contributed by atoms with van der Waals surface area (Å²) in [6.07, 6.45) is 0.0495. The van der Waals surface area contributed by atoms with Gasteiger partial charge in [0.2, 0.25) is 5.91 Å². The third-order valence-corrected chi connectivity index (χ3v) is 2.97. The van der Waals surface area contributed by atoms with Crippen molar-refractivity contribution in [1.82, 2.24) is 5.32 Å². The van der Waals surface area contributed by atoms with E-state index in [1.165, 1.54) is 7.11 Å². The van der Waals surface area contributed by atoms with Gasteiger partial charge in [-0.25, -0.2) is 0 Å². The average molecular weight is 330 g/mol. The molecule has 0 fully saturated rings. The number of aliphatic carboxylic acids is 1. The molecule has 0 saturated carbocycles. The molecule has 0 bridgehead atoms. The second kappa shape index (κ2) is 7.13. The van der Waals surface area contributed by atoms with Gasteiger partial charge in [0.25, 0.3) is 0 Å². The van der Waals surface area contributed by atoms with Crippen LogP contribution in [0.1, 0.15) is 18.9 Å². The molecule has 0 radical (unpaired) electrons. The van der Waals surface area contributed by atoms with Gasteiger partial charge in [-0.3, -0.25) is 9.59 Å². The second-order valence-electron chi connectivity index (χ2n) is 4.20. The molecule has 1 rings (SSSR count). The number of rotatable bonds is 6. The van der Waals surface area contributed by atoms with Gasteiger partial charge < -0.3 is 15.2 Å². The predicted molar refractivity (Wildman–Crippen MR) is 74.3 cm³/mol. The zero-order valence-electron chi connectivity index (χ0n) is 10.8. The van der Waals surface area contributed by atoms with E-state index in [1.54, 1.807) is 19.1 Å². The van der Waals surface area contributed by atoms with Crippen LogP contribution in [0.2, 0.25) is 0 Å². The van der Waals surface area contributed by atoms with E-state index in [2.05, 4.69) is 21.2 Å². The lowest BCUT2D eigenvalue weighted by Gasteiger charge is -2.13. The minimum Gasteiger partial charge on any atom is -0.496 e. The van der Waals surface area contributed by atoms with E-state index in [0.717, 1.165) is 10.0 Å². The molecule has 0 spiro atoms. The Kier molecular flexibility index (Phi) is 5.82. The minimum absolute atomic E-state index is 0.0959. The summed E-state index contributed by atoms with van der Waals surface area (Å²) in [5.41, 5.74) is 0.747. The minimum atomic E-state index is -0.937. The number of hydrogen-bond acceptors (Lipinski definition) is 3. The molecule has 1 aromatic carbocycles. The van der Waals surface area contributed by atoms with Gasteiger partial charge in [0.05, 0.1) is 20.0 Å². The van der Waals surface area contributed by atoms with E-state index in [1.807, 2.05) is 6.07 Å². The number of ether oxygens (including phenoxy) is 1. The summed E-state index contributed by atoms with van der Waals surface area (Å²) >= 11 is 3.33. The molecule has 0 aliphatic carbocycles. The Morgan fingerprint density at radius 1 is 1.47 bits per heavy atom. The molecule has 0 saturated heterocycles.